The zero-order chi connectivity index (χ0) is 11.5. The van der Waals surface area contributed by atoms with E-state index in [-0.39, 0.29) is 0 Å². The Morgan fingerprint density at radius 1 is 1.40 bits per heavy atom. The number of nitrogens with one attached hydrogen (secondary N) is 1. The van der Waals surface area contributed by atoms with Crippen LogP contribution in [0.2, 0.25) is 0 Å². The molecule has 1 aromatic rings. The van der Waals surface area contributed by atoms with Gasteiger partial charge in [0.05, 0.1) is 5.69 Å². The van der Waals surface area contributed by atoms with Gasteiger partial charge in [0, 0.05) is 19.3 Å². The molecule has 0 amide bonds. The Balaban J connectivity index is 2.64. The van der Waals surface area contributed by atoms with Crippen LogP contribution < -0.4 is 5.32 Å². The summed E-state index contributed by atoms with van der Waals surface area (Å²) in [5, 5.41) is 3.43. The van der Waals surface area contributed by atoms with Crippen LogP contribution in [0.3, 0.4) is 0 Å². The molecule has 0 atom stereocenters. The highest BCUT2D eigenvalue weighted by Gasteiger charge is 2.15. The topological polar surface area (TPSA) is 29.9 Å². The lowest BCUT2D eigenvalue weighted by Crippen LogP contribution is -2.23. The second-order valence-electron chi connectivity index (χ2n) is 4.86. The van der Waals surface area contributed by atoms with Crippen molar-refractivity contribution in [3.05, 3.63) is 11.9 Å². The molecule has 0 saturated heterocycles. The van der Waals surface area contributed by atoms with Crippen LogP contribution in [0.15, 0.2) is 6.20 Å². The van der Waals surface area contributed by atoms with Crippen LogP contribution in [0.25, 0.3) is 0 Å². The van der Waals surface area contributed by atoms with Gasteiger partial charge in [-0.25, -0.2) is 4.98 Å². The van der Waals surface area contributed by atoms with E-state index in [0.717, 1.165) is 24.7 Å². The number of rotatable bonds is 5. The summed E-state index contributed by atoms with van der Waals surface area (Å²) >= 11 is 0. The molecule has 1 aromatic heterocycles. The van der Waals surface area contributed by atoms with Crippen molar-refractivity contribution in [1.29, 1.82) is 0 Å². The van der Waals surface area contributed by atoms with Crippen LogP contribution in [0.4, 0.5) is 5.95 Å². The molecule has 0 bridgehead atoms. The first kappa shape index (κ1) is 12.1. The first-order valence-electron chi connectivity index (χ1n) is 5.76. The average molecular weight is 209 g/mol. The van der Waals surface area contributed by atoms with Gasteiger partial charge in [-0.05, 0) is 25.7 Å². The maximum Gasteiger partial charge on any atom is 0.203 e. The Morgan fingerprint density at radius 2 is 2.07 bits per heavy atom. The van der Waals surface area contributed by atoms with Gasteiger partial charge in [0.1, 0.15) is 0 Å². The van der Waals surface area contributed by atoms with Crippen molar-refractivity contribution in [2.45, 2.75) is 47.6 Å². The summed E-state index contributed by atoms with van der Waals surface area (Å²) in [5.74, 6) is 0.997. The summed E-state index contributed by atoms with van der Waals surface area (Å²) in [5.41, 5.74) is 1.41. The first-order valence-corrected chi connectivity index (χ1v) is 5.76. The summed E-state index contributed by atoms with van der Waals surface area (Å²) in [7, 11) is 0. The zero-order valence-electron chi connectivity index (χ0n) is 10.6. The molecule has 15 heavy (non-hydrogen) atoms. The Morgan fingerprint density at radius 3 is 2.60 bits per heavy atom. The minimum absolute atomic E-state index is 0.332. The lowest BCUT2D eigenvalue weighted by molar-refractivity contribution is 0.375. The van der Waals surface area contributed by atoms with E-state index in [0.29, 0.717) is 5.41 Å². The normalized spacial score (nSPS) is 11.8. The van der Waals surface area contributed by atoms with E-state index in [1.54, 1.807) is 0 Å². The van der Waals surface area contributed by atoms with Crippen LogP contribution in [0.5, 0.6) is 0 Å². The van der Waals surface area contributed by atoms with Crippen molar-refractivity contribution in [3.63, 3.8) is 0 Å². The number of nitrogens with zero attached hydrogens (tertiary/aromatic N) is 2. The molecule has 0 aliphatic heterocycles. The number of aryl methyl sites for hydroxylation is 2. The number of aromatic nitrogens is 2. The maximum absolute atomic E-state index is 4.47. The highest BCUT2D eigenvalue weighted by molar-refractivity contribution is 5.29. The molecule has 1 rings (SSSR count). The summed E-state index contributed by atoms with van der Waals surface area (Å²) in [6, 6.07) is 0. The van der Waals surface area contributed by atoms with Crippen molar-refractivity contribution in [3.8, 4) is 0 Å². The molecule has 0 aromatic carbocycles. The Hall–Kier alpha value is -0.990. The molecule has 0 fully saturated rings. The predicted molar refractivity (Wildman–Crippen MR) is 65.2 cm³/mol. The maximum atomic E-state index is 4.47. The number of hydrogen-bond acceptors (Lipinski definition) is 2. The number of hydrogen-bond donors (Lipinski definition) is 1. The van der Waals surface area contributed by atoms with E-state index >= 15 is 0 Å². The van der Waals surface area contributed by atoms with Gasteiger partial charge in [0.2, 0.25) is 5.95 Å². The van der Waals surface area contributed by atoms with Crippen LogP contribution in [-0.4, -0.2) is 16.1 Å². The van der Waals surface area contributed by atoms with Crippen molar-refractivity contribution in [1.82, 2.24) is 9.55 Å². The van der Waals surface area contributed by atoms with Gasteiger partial charge in [-0.2, -0.15) is 0 Å². The van der Waals surface area contributed by atoms with Crippen molar-refractivity contribution in [2.24, 2.45) is 5.41 Å². The lowest BCUT2D eigenvalue weighted by Gasteiger charge is -2.23. The van der Waals surface area contributed by atoms with Gasteiger partial charge in [0.15, 0.2) is 0 Å². The monoisotopic (exact) mass is 209 g/mol. The van der Waals surface area contributed by atoms with Gasteiger partial charge in [-0.3, -0.25) is 0 Å². The SMILES string of the molecule is CCn1cc(C)nc1NCC(C)(C)CC. The molecular weight excluding hydrogens is 186 g/mol. The molecule has 0 radical (unpaired) electrons. The van der Waals surface area contributed by atoms with Gasteiger partial charge in [-0.1, -0.05) is 20.8 Å². The molecule has 0 unspecified atom stereocenters. The molecule has 3 heteroatoms. The largest absolute Gasteiger partial charge is 0.355 e. The van der Waals surface area contributed by atoms with Crippen molar-refractivity contribution in [2.75, 3.05) is 11.9 Å². The van der Waals surface area contributed by atoms with E-state index in [2.05, 4.69) is 48.8 Å². The smallest absolute Gasteiger partial charge is 0.203 e. The van der Waals surface area contributed by atoms with Crippen molar-refractivity contribution >= 4 is 5.95 Å². The highest BCUT2D eigenvalue weighted by atomic mass is 15.2. The van der Waals surface area contributed by atoms with Gasteiger partial charge in [-0.15, -0.1) is 0 Å². The zero-order valence-corrected chi connectivity index (χ0v) is 10.6. The van der Waals surface area contributed by atoms with Gasteiger partial charge >= 0.3 is 0 Å². The second-order valence-corrected chi connectivity index (χ2v) is 4.86. The fraction of sp³-hybridized carbons (Fsp3) is 0.750. The molecule has 1 N–H and O–H groups in total. The first-order chi connectivity index (χ1) is 6.98. The molecular formula is C12H23N3. The third-order valence-electron chi connectivity index (χ3n) is 2.92. The van der Waals surface area contributed by atoms with E-state index in [1.165, 1.54) is 6.42 Å². The molecule has 0 spiro atoms. The molecule has 0 saturated carbocycles. The van der Waals surface area contributed by atoms with E-state index in [4.69, 9.17) is 0 Å². The minimum atomic E-state index is 0.332. The minimum Gasteiger partial charge on any atom is -0.355 e. The van der Waals surface area contributed by atoms with Crippen LogP contribution in [0, 0.1) is 12.3 Å². The Labute approximate surface area is 92.9 Å². The number of imidazole rings is 1. The van der Waals surface area contributed by atoms with E-state index < -0.39 is 0 Å². The molecule has 0 aliphatic rings. The van der Waals surface area contributed by atoms with E-state index in [1.807, 2.05) is 6.92 Å². The summed E-state index contributed by atoms with van der Waals surface area (Å²) in [6.45, 7) is 12.9. The third-order valence-corrected chi connectivity index (χ3v) is 2.92. The highest BCUT2D eigenvalue weighted by Crippen LogP contribution is 2.20. The fourth-order valence-corrected chi connectivity index (χ4v) is 1.37. The predicted octanol–water partition coefficient (Wildman–Crippen LogP) is 3.06. The summed E-state index contributed by atoms with van der Waals surface area (Å²) in [4.78, 5) is 4.47. The molecule has 3 nitrogen and oxygen atoms in total. The van der Waals surface area contributed by atoms with E-state index in [9.17, 15) is 0 Å². The molecule has 0 aliphatic carbocycles. The van der Waals surface area contributed by atoms with Gasteiger partial charge in [0.25, 0.3) is 0 Å². The standard InChI is InChI=1S/C12H23N3/c1-6-12(4,5)9-13-11-14-10(3)8-15(11)7-2/h8H,6-7,9H2,1-5H3,(H,13,14). The van der Waals surface area contributed by atoms with Crippen LogP contribution in [0.1, 0.15) is 39.8 Å². The third kappa shape index (κ3) is 3.26. The Kier molecular flexibility index (Phi) is 3.77. The van der Waals surface area contributed by atoms with Crippen LogP contribution >= 0.6 is 0 Å². The summed E-state index contributed by atoms with van der Waals surface area (Å²) < 4.78 is 2.15. The average Bonchev–Trinajstić information content (AvgIpc) is 2.56. The summed E-state index contributed by atoms with van der Waals surface area (Å²) in [6.07, 6.45) is 3.26. The Bertz CT molecular complexity index is 313. The van der Waals surface area contributed by atoms with Crippen LogP contribution in [-0.2, 0) is 6.54 Å². The molecule has 1 heterocycles. The molecule has 86 valence electrons. The fourth-order valence-electron chi connectivity index (χ4n) is 1.37. The van der Waals surface area contributed by atoms with Crippen molar-refractivity contribution < 1.29 is 0 Å². The lowest BCUT2D eigenvalue weighted by atomic mass is 9.90. The van der Waals surface area contributed by atoms with Gasteiger partial charge < -0.3 is 9.88 Å². The number of anilines is 1. The quantitative estimate of drug-likeness (QED) is 0.807. The second kappa shape index (κ2) is 4.69.